The van der Waals surface area contributed by atoms with Crippen LogP contribution in [0.15, 0.2) is 18.5 Å². The zero-order valence-corrected chi connectivity index (χ0v) is 11.9. The summed E-state index contributed by atoms with van der Waals surface area (Å²) in [5.41, 5.74) is 1.21. The molecule has 100 valence electrons. The fourth-order valence-corrected chi connectivity index (χ4v) is 3.16. The van der Waals surface area contributed by atoms with Gasteiger partial charge in [-0.05, 0) is 37.4 Å². The highest BCUT2D eigenvalue weighted by atomic mass is 35.5. The fraction of sp³-hybridized carbons (Fsp3) is 0.667. The molecule has 18 heavy (non-hydrogen) atoms. The second-order valence-corrected chi connectivity index (χ2v) is 5.80. The normalized spacial score (nSPS) is 18.8. The average molecular weight is 267 g/mol. The van der Waals surface area contributed by atoms with Gasteiger partial charge in [-0.15, -0.1) is 0 Å². The van der Waals surface area contributed by atoms with Crippen molar-refractivity contribution in [2.24, 2.45) is 5.92 Å². The highest BCUT2D eigenvalue weighted by molar-refractivity contribution is 6.31. The molecule has 0 bridgehead atoms. The van der Waals surface area contributed by atoms with Crippen LogP contribution in [-0.2, 0) is 6.42 Å². The van der Waals surface area contributed by atoms with Crippen LogP contribution >= 0.6 is 11.6 Å². The predicted octanol–water partition coefficient (Wildman–Crippen LogP) is 3.84. The van der Waals surface area contributed by atoms with Crippen molar-refractivity contribution in [2.75, 3.05) is 7.05 Å². The molecule has 1 N–H and O–H groups in total. The number of nitrogens with one attached hydrogen (secondary N) is 1. The Morgan fingerprint density at radius 1 is 1.39 bits per heavy atom. The number of nitrogens with zero attached hydrogens (tertiary/aromatic N) is 1. The van der Waals surface area contributed by atoms with Gasteiger partial charge in [0.05, 0.1) is 5.02 Å². The number of hydrogen-bond acceptors (Lipinski definition) is 2. The zero-order chi connectivity index (χ0) is 12.8. The molecule has 0 aliphatic heterocycles. The second-order valence-electron chi connectivity index (χ2n) is 5.40. The molecule has 1 aromatic heterocycles. The summed E-state index contributed by atoms with van der Waals surface area (Å²) in [6.07, 6.45) is 12.9. The molecular formula is C15H23ClN2. The summed E-state index contributed by atoms with van der Waals surface area (Å²) in [6, 6.07) is 2.57. The van der Waals surface area contributed by atoms with Crippen LogP contribution in [0.4, 0.5) is 0 Å². The van der Waals surface area contributed by atoms with Crippen LogP contribution in [-0.4, -0.2) is 18.1 Å². The number of rotatable bonds is 5. The molecule has 1 fully saturated rings. The lowest BCUT2D eigenvalue weighted by Gasteiger charge is -2.26. The van der Waals surface area contributed by atoms with E-state index in [2.05, 4.69) is 17.3 Å². The van der Waals surface area contributed by atoms with Crippen LogP contribution < -0.4 is 5.32 Å². The van der Waals surface area contributed by atoms with Gasteiger partial charge >= 0.3 is 0 Å². The summed E-state index contributed by atoms with van der Waals surface area (Å²) in [5, 5.41) is 4.24. The zero-order valence-electron chi connectivity index (χ0n) is 11.2. The number of hydrogen-bond donors (Lipinski definition) is 1. The van der Waals surface area contributed by atoms with Crippen LogP contribution in [0.2, 0.25) is 5.02 Å². The van der Waals surface area contributed by atoms with Crippen LogP contribution in [0.1, 0.15) is 44.1 Å². The van der Waals surface area contributed by atoms with E-state index in [4.69, 9.17) is 11.6 Å². The first-order chi connectivity index (χ1) is 8.79. The first-order valence-electron chi connectivity index (χ1n) is 7.05. The molecule has 0 spiro atoms. The monoisotopic (exact) mass is 266 g/mol. The van der Waals surface area contributed by atoms with Crippen molar-refractivity contribution in [1.29, 1.82) is 0 Å². The Balaban J connectivity index is 1.90. The summed E-state index contributed by atoms with van der Waals surface area (Å²) in [7, 11) is 2.06. The van der Waals surface area contributed by atoms with Gasteiger partial charge in [-0.3, -0.25) is 4.98 Å². The molecule has 1 aliphatic carbocycles. The molecule has 0 radical (unpaired) electrons. The van der Waals surface area contributed by atoms with Crippen molar-refractivity contribution in [3.05, 3.63) is 29.0 Å². The minimum Gasteiger partial charge on any atom is -0.317 e. The third kappa shape index (κ3) is 3.96. The van der Waals surface area contributed by atoms with Gasteiger partial charge in [-0.1, -0.05) is 43.7 Å². The molecule has 0 amide bonds. The van der Waals surface area contributed by atoms with Gasteiger partial charge in [-0.25, -0.2) is 0 Å². The SMILES string of the molecule is CNC(Cc1ccncc1Cl)CC1CCCCC1. The lowest BCUT2D eigenvalue weighted by Crippen LogP contribution is -2.30. The summed E-state index contributed by atoms with van der Waals surface area (Å²) < 4.78 is 0. The minimum absolute atomic E-state index is 0.535. The van der Waals surface area contributed by atoms with Crippen LogP contribution in [0.3, 0.4) is 0 Å². The molecule has 1 heterocycles. The van der Waals surface area contributed by atoms with Crippen molar-refractivity contribution >= 4 is 11.6 Å². The van der Waals surface area contributed by atoms with Gasteiger partial charge in [0.15, 0.2) is 0 Å². The topological polar surface area (TPSA) is 24.9 Å². The molecule has 1 atom stereocenters. The number of pyridine rings is 1. The Bertz CT molecular complexity index is 361. The lowest BCUT2D eigenvalue weighted by atomic mass is 9.83. The van der Waals surface area contributed by atoms with Crippen molar-refractivity contribution in [1.82, 2.24) is 10.3 Å². The first-order valence-corrected chi connectivity index (χ1v) is 7.43. The number of aromatic nitrogens is 1. The molecule has 3 heteroatoms. The maximum Gasteiger partial charge on any atom is 0.0621 e. The average Bonchev–Trinajstić information content (AvgIpc) is 2.41. The van der Waals surface area contributed by atoms with Gasteiger partial charge in [-0.2, -0.15) is 0 Å². The summed E-state index contributed by atoms with van der Waals surface area (Å²) in [6.45, 7) is 0. The quantitative estimate of drug-likeness (QED) is 0.876. The van der Waals surface area contributed by atoms with E-state index in [9.17, 15) is 0 Å². The minimum atomic E-state index is 0.535. The third-order valence-electron chi connectivity index (χ3n) is 4.07. The number of halogens is 1. The molecule has 1 unspecified atom stereocenters. The summed E-state index contributed by atoms with van der Waals surface area (Å²) >= 11 is 6.18. The molecule has 1 aromatic rings. The highest BCUT2D eigenvalue weighted by Gasteiger charge is 2.18. The Kier molecular flexibility index (Phi) is 5.45. The Labute approximate surface area is 115 Å². The van der Waals surface area contributed by atoms with Crippen molar-refractivity contribution in [3.63, 3.8) is 0 Å². The smallest absolute Gasteiger partial charge is 0.0621 e. The summed E-state index contributed by atoms with van der Waals surface area (Å²) in [5.74, 6) is 0.900. The fourth-order valence-electron chi connectivity index (χ4n) is 2.96. The van der Waals surface area contributed by atoms with E-state index in [-0.39, 0.29) is 0 Å². The van der Waals surface area contributed by atoms with Crippen molar-refractivity contribution in [2.45, 2.75) is 51.0 Å². The Morgan fingerprint density at radius 2 is 2.17 bits per heavy atom. The van der Waals surface area contributed by atoms with Gasteiger partial charge in [0.25, 0.3) is 0 Å². The maximum absolute atomic E-state index is 6.18. The largest absolute Gasteiger partial charge is 0.317 e. The molecule has 0 aromatic carbocycles. The number of likely N-dealkylation sites (N-methyl/N-ethyl adjacent to an activating group) is 1. The molecule has 2 rings (SSSR count). The van der Waals surface area contributed by atoms with Crippen molar-refractivity contribution < 1.29 is 0 Å². The van der Waals surface area contributed by atoms with Gasteiger partial charge < -0.3 is 5.32 Å². The maximum atomic E-state index is 6.18. The van der Waals surface area contributed by atoms with Gasteiger partial charge in [0, 0.05) is 18.4 Å². The van der Waals surface area contributed by atoms with Crippen molar-refractivity contribution in [3.8, 4) is 0 Å². The molecular weight excluding hydrogens is 244 g/mol. The molecule has 2 nitrogen and oxygen atoms in total. The Hall–Kier alpha value is -0.600. The summed E-state index contributed by atoms with van der Waals surface area (Å²) in [4.78, 5) is 4.04. The lowest BCUT2D eigenvalue weighted by molar-refractivity contribution is 0.302. The van der Waals surface area contributed by atoms with E-state index < -0.39 is 0 Å². The molecule has 1 saturated carbocycles. The van der Waals surface area contributed by atoms with E-state index in [1.807, 2.05) is 12.3 Å². The van der Waals surface area contributed by atoms with E-state index in [0.29, 0.717) is 6.04 Å². The van der Waals surface area contributed by atoms with Crippen LogP contribution in [0.25, 0.3) is 0 Å². The second kappa shape index (κ2) is 7.10. The third-order valence-corrected chi connectivity index (χ3v) is 4.41. The van der Waals surface area contributed by atoms with Gasteiger partial charge in [0.1, 0.15) is 0 Å². The Morgan fingerprint density at radius 3 is 2.83 bits per heavy atom. The predicted molar refractivity (Wildman–Crippen MR) is 77.0 cm³/mol. The highest BCUT2D eigenvalue weighted by Crippen LogP contribution is 2.28. The van der Waals surface area contributed by atoms with E-state index in [0.717, 1.165) is 17.4 Å². The van der Waals surface area contributed by atoms with Gasteiger partial charge in [0.2, 0.25) is 0 Å². The first kappa shape index (κ1) is 13.8. The van der Waals surface area contributed by atoms with E-state index in [1.54, 1.807) is 6.20 Å². The van der Waals surface area contributed by atoms with Crippen LogP contribution in [0.5, 0.6) is 0 Å². The molecule has 1 aliphatic rings. The molecule has 0 saturated heterocycles. The van der Waals surface area contributed by atoms with Crippen LogP contribution in [0, 0.1) is 5.92 Å². The van der Waals surface area contributed by atoms with E-state index in [1.165, 1.54) is 44.1 Å². The standard InChI is InChI=1S/C15H23ClN2/c1-17-14(9-12-5-3-2-4-6-12)10-13-7-8-18-11-15(13)16/h7-8,11-12,14,17H,2-6,9-10H2,1H3. The van der Waals surface area contributed by atoms with E-state index >= 15 is 0 Å².